The molecule has 0 radical (unpaired) electrons. The third-order valence-corrected chi connectivity index (χ3v) is 5.36. The molecule has 0 unspecified atom stereocenters. The fraction of sp³-hybridized carbons (Fsp3) is 0.208. The first-order chi connectivity index (χ1) is 16.4. The lowest BCUT2D eigenvalue weighted by Crippen LogP contribution is -2.35. The summed E-state index contributed by atoms with van der Waals surface area (Å²) in [7, 11) is 0. The van der Waals surface area contributed by atoms with Crippen molar-refractivity contribution in [3.63, 3.8) is 0 Å². The molecule has 2 heterocycles. The molecule has 2 N–H and O–H groups in total. The molecule has 1 aromatic heterocycles. The highest BCUT2D eigenvalue weighted by molar-refractivity contribution is 5.99. The van der Waals surface area contributed by atoms with Gasteiger partial charge in [0.1, 0.15) is 11.6 Å². The van der Waals surface area contributed by atoms with Crippen LogP contribution in [0.4, 0.5) is 35.2 Å². The molecule has 0 bridgehead atoms. The molecule has 176 valence electrons. The minimum atomic E-state index is -1.06. The first-order valence-corrected chi connectivity index (χ1v) is 10.7. The van der Waals surface area contributed by atoms with Crippen LogP contribution in [0.15, 0.2) is 60.8 Å². The molecule has 1 aliphatic rings. The van der Waals surface area contributed by atoms with E-state index in [2.05, 4.69) is 15.6 Å². The van der Waals surface area contributed by atoms with E-state index in [4.69, 9.17) is 0 Å². The number of urea groups is 1. The van der Waals surface area contributed by atoms with Crippen molar-refractivity contribution in [3.05, 3.63) is 83.8 Å². The van der Waals surface area contributed by atoms with Gasteiger partial charge in [-0.1, -0.05) is 6.07 Å². The first-order valence-electron chi connectivity index (χ1n) is 10.7. The highest BCUT2D eigenvalue weighted by atomic mass is 19.2. The van der Waals surface area contributed by atoms with Crippen molar-refractivity contribution in [1.29, 1.82) is 0 Å². The van der Waals surface area contributed by atoms with Crippen LogP contribution in [0.25, 0.3) is 0 Å². The summed E-state index contributed by atoms with van der Waals surface area (Å²) in [6.45, 7) is 2.25. The molecule has 10 heteroatoms. The number of hydrogen-bond acceptors (Lipinski definition) is 4. The summed E-state index contributed by atoms with van der Waals surface area (Å²) < 4.78 is 39.7. The molecule has 4 rings (SSSR count). The van der Waals surface area contributed by atoms with Gasteiger partial charge in [0.05, 0.1) is 11.9 Å². The Morgan fingerprint density at radius 3 is 2.35 bits per heavy atom. The molecule has 1 fully saturated rings. The maximum atomic E-state index is 13.5. The average molecular weight is 469 g/mol. The largest absolute Gasteiger partial charge is 0.355 e. The van der Waals surface area contributed by atoms with Gasteiger partial charge in [-0.25, -0.2) is 22.9 Å². The van der Waals surface area contributed by atoms with Crippen LogP contribution in [0.3, 0.4) is 0 Å². The van der Waals surface area contributed by atoms with Crippen LogP contribution in [0.2, 0.25) is 0 Å². The van der Waals surface area contributed by atoms with Crippen LogP contribution in [-0.4, -0.2) is 48.0 Å². The number of rotatable bonds is 4. The highest BCUT2D eigenvalue weighted by Crippen LogP contribution is 2.18. The standard InChI is InChI=1S/C24H22F3N5O2/c25-17-4-1-3-16(13-17)23(33)32-10-2-9-31(11-12-32)22-8-6-19(15-28-22)30-24(34)29-18-5-7-20(26)21(27)14-18/h1,3-8,13-15H,2,9-12H2,(H2,29,30,34). The number of nitrogens with one attached hydrogen (secondary N) is 2. The lowest BCUT2D eigenvalue weighted by atomic mass is 10.2. The SMILES string of the molecule is O=C(Nc1ccc(N2CCCN(C(=O)c3cccc(F)c3)CC2)nc1)Nc1ccc(F)c(F)c1. The number of benzene rings is 2. The maximum absolute atomic E-state index is 13.5. The summed E-state index contributed by atoms with van der Waals surface area (Å²) >= 11 is 0. The molecule has 1 saturated heterocycles. The van der Waals surface area contributed by atoms with E-state index in [9.17, 15) is 22.8 Å². The van der Waals surface area contributed by atoms with E-state index in [-0.39, 0.29) is 11.6 Å². The van der Waals surface area contributed by atoms with Crippen molar-refractivity contribution in [1.82, 2.24) is 9.88 Å². The number of anilines is 3. The third kappa shape index (κ3) is 5.64. The average Bonchev–Trinajstić information content (AvgIpc) is 3.08. The van der Waals surface area contributed by atoms with Gasteiger partial charge in [0, 0.05) is 43.5 Å². The Morgan fingerprint density at radius 1 is 0.824 bits per heavy atom. The Bertz CT molecular complexity index is 1190. The van der Waals surface area contributed by atoms with E-state index < -0.39 is 23.5 Å². The minimum absolute atomic E-state index is 0.114. The van der Waals surface area contributed by atoms with Crippen LogP contribution < -0.4 is 15.5 Å². The summed E-state index contributed by atoms with van der Waals surface area (Å²) in [5.74, 6) is -2.02. The fourth-order valence-electron chi connectivity index (χ4n) is 3.67. The first kappa shape index (κ1) is 23.1. The van der Waals surface area contributed by atoms with Crippen LogP contribution >= 0.6 is 0 Å². The van der Waals surface area contributed by atoms with Gasteiger partial charge in [0.2, 0.25) is 0 Å². The number of hydrogen-bond donors (Lipinski definition) is 2. The molecule has 1 aliphatic heterocycles. The Balaban J connectivity index is 1.33. The zero-order valence-electron chi connectivity index (χ0n) is 18.1. The molecular weight excluding hydrogens is 447 g/mol. The lowest BCUT2D eigenvalue weighted by molar-refractivity contribution is 0.0766. The van der Waals surface area contributed by atoms with Crippen molar-refractivity contribution in [3.8, 4) is 0 Å². The number of pyridine rings is 1. The quantitative estimate of drug-likeness (QED) is 0.590. The van der Waals surface area contributed by atoms with E-state index in [1.54, 1.807) is 23.1 Å². The minimum Gasteiger partial charge on any atom is -0.355 e. The van der Waals surface area contributed by atoms with Crippen LogP contribution in [0.5, 0.6) is 0 Å². The number of carbonyl (C=O) groups is 2. The monoisotopic (exact) mass is 469 g/mol. The molecule has 34 heavy (non-hydrogen) atoms. The molecular formula is C24H22F3N5O2. The Morgan fingerprint density at radius 2 is 1.62 bits per heavy atom. The topological polar surface area (TPSA) is 77.6 Å². The molecule has 7 nitrogen and oxygen atoms in total. The van der Waals surface area contributed by atoms with Crippen LogP contribution in [-0.2, 0) is 0 Å². The van der Waals surface area contributed by atoms with E-state index >= 15 is 0 Å². The second-order valence-corrected chi connectivity index (χ2v) is 7.76. The smallest absolute Gasteiger partial charge is 0.323 e. The van der Waals surface area contributed by atoms with Gasteiger partial charge >= 0.3 is 6.03 Å². The fourth-order valence-corrected chi connectivity index (χ4v) is 3.67. The van der Waals surface area contributed by atoms with Crippen LogP contribution in [0, 0.1) is 17.5 Å². The summed E-state index contributed by atoms with van der Waals surface area (Å²) in [5.41, 5.74) is 0.855. The van der Waals surface area contributed by atoms with Gasteiger partial charge < -0.3 is 20.4 Å². The molecule has 0 spiro atoms. The summed E-state index contributed by atoms with van der Waals surface area (Å²) in [6.07, 6.45) is 2.21. The zero-order valence-corrected chi connectivity index (χ0v) is 18.1. The number of aromatic nitrogens is 1. The molecule has 0 saturated carbocycles. The zero-order chi connectivity index (χ0) is 24.1. The van der Waals surface area contributed by atoms with Gasteiger partial charge in [-0.2, -0.15) is 0 Å². The molecule has 3 aromatic rings. The maximum Gasteiger partial charge on any atom is 0.323 e. The van der Waals surface area contributed by atoms with E-state index in [0.717, 1.165) is 18.6 Å². The highest BCUT2D eigenvalue weighted by Gasteiger charge is 2.21. The summed E-state index contributed by atoms with van der Waals surface area (Å²) in [6, 6.07) is 11.5. The molecule has 0 aliphatic carbocycles. The number of nitrogens with zero attached hydrogens (tertiary/aromatic N) is 3. The van der Waals surface area contributed by atoms with Crippen molar-refractivity contribution < 1.29 is 22.8 Å². The summed E-state index contributed by atoms with van der Waals surface area (Å²) in [4.78, 5) is 32.9. The lowest BCUT2D eigenvalue weighted by Gasteiger charge is -2.23. The predicted octanol–water partition coefficient (Wildman–Crippen LogP) is 4.50. The van der Waals surface area contributed by atoms with Gasteiger partial charge in [-0.15, -0.1) is 0 Å². The van der Waals surface area contributed by atoms with Crippen molar-refractivity contribution in [2.45, 2.75) is 6.42 Å². The molecule has 0 atom stereocenters. The summed E-state index contributed by atoms with van der Waals surface area (Å²) in [5, 5.41) is 5.00. The molecule has 3 amide bonds. The Labute approximate surface area is 194 Å². The van der Waals surface area contributed by atoms with Gasteiger partial charge in [0.15, 0.2) is 11.6 Å². The van der Waals surface area contributed by atoms with E-state index in [1.165, 1.54) is 30.5 Å². The van der Waals surface area contributed by atoms with Crippen molar-refractivity contribution >= 4 is 29.1 Å². The van der Waals surface area contributed by atoms with Crippen molar-refractivity contribution in [2.75, 3.05) is 41.7 Å². The Hall–Kier alpha value is -4.08. The second-order valence-electron chi connectivity index (χ2n) is 7.76. The van der Waals surface area contributed by atoms with Gasteiger partial charge in [0.25, 0.3) is 5.91 Å². The van der Waals surface area contributed by atoms with Gasteiger partial charge in [-0.3, -0.25) is 4.79 Å². The van der Waals surface area contributed by atoms with E-state index in [0.29, 0.717) is 43.2 Å². The van der Waals surface area contributed by atoms with Crippen molar-refractivity contribution in [2.24, 2.45) is 0 Å². The number of amides is 3. The number of halogens is 3. The molecule has 2 aromatic carbocycles. The van der Waals surface area contributed by atoms with E-state index in [1.807, 2.05) is 4.90 Å². The Kier molecular flexibility index (Phi) is 6.95. The normalized spacial score (nSPS) is 13.9. The number of carbonyl (C=O) groups excluding carboxylic acids is 2. The second kappa shape index (κ2) is 10.2. The third-order valence-electron chi connectivity index (χ3n) is 5.36. The predicted molar refractivity (Wildman–Crippen MR) is 122 cm³/mol. The van der Waals surface area contributed by atoms with Gasteiger partial charge in [-0.05, 0) is 48.9 Å². The van der Waals surface area contributed by atoms with Crippen LogP contribution in [0.1, 0.15) is 16.8 Å².